The van der Waals surface area contributed by atoms with Gasteiger partial charge in [-0.1, -0.05) is 18.9 Å². The van der Waals surface area contributed by atoms with E-state index < -0.39 is 0 Å². The molecule has 1 aliphatic rings. The highest BCUT2D eigenvalue weighted by Crippen LogP contribution is 2.32. The smallest absolute Gasteiger partial charge is 0.126 e. The Morgan fingerprint density at radius 2 is 2.23 bits per heavy atom. The van der Waals surface area contributed by atoms with Gasteiger partial charge in [-0.2, -0.15) is 0 Å². The second-order valence-electron chi connectivity index (χ2n) is 3.54. The molecule has 2 rings (SSSR count). The third-order valence-electron chi connectivity index (χ3n) is 2.29. The molecule has 0 atom stereocenters. The minimum absolute atomic E-state index is 0.232. The molecule has 0 bridgehead atoms. The Morgan fingerprint density at radius 3 is 2.92 bits per heavy atom. The predicted octanol–water partition coefficient (Wildman–Crippen LogP) is 3.00. The Kier molecular flexibility index (Phi) is 2.48. The molecular weight excluding hydrogens is 167 g/mol. The van der Waals surface area contributed by atoms with E-state index in [9.17, 15) is 4.39 Å². The first-order chi connectivity index (χ1) is 6.34. The summed E-state index contributed by atoms with van der Waals surface area (Å²) < 4.78 is 18.1. The third kappa shape index (κ3) is 2.72. The molecule has 0 radical (unpaired) electrons. The second-order valence-corrected chi connectivity index (χ2v) is 3.54. The molecule has 0 heterocycles. The van der Waals surface area contributed by atoms with Gasteiger partial charge in [0, 0.05) is 6.07 Å². The zero-order valence-corrected chi connectivity index (χ0v) is 7.50. The molecule has 1 saturated carbocycles. The van der Waals surface area contributed by atoms with E-state index in [0.717, 1.165) is 12.3 Å². The van der Waals surface area contributed by atoms with Gasteiger partial charge in [0.15, 0.2) is 0 Å². The summed E-state index contributed by atoms with van der Waals surface area (Å²) in [5, 5.41) is 0. The van der Waals surface area contributed by atoms with E-state index in [2.05, 4.69) is 0 Å². The number of hydrogen-bond acceptors (Lipinski definition) is 1. The van der Waals surface area contributed by atoms with Crippen molar-refractivity contribution in [3.63, 3.8) is 0 Å². The fourth-order valence-electron chi connectivity index (χ4n) is 1.31. The lowest BCUT2D eigenvalue weighted by molar-refractivity contribution is 0.301. The van der Waals surface area contributed by atoms with E-state index in [1.807, 2.05) is 0 Å². The van der Waals surface area contributed by atoms with Crippen LogP contribution in [0, 0.1) is 11.7 Å². The van der Waals surface area contributed by atoms with Gasteiger partial charge in [0.05, 0.1) is 6.61 Å². The summed E-state index contributed by atoms with van der Waals surface area (Å²) in [6.45, 7) is 0.716. The molecule has 2 heteroatoms. The molecule has 1 aromatic rings. The van der Waals surface area contributed by atoms with Crippen LogP contribution < -0.4 is 4.74 Å². The topological polar surface area (TPSA) is 9.23 Å². The lowest BCUT2D eigenvalue weighted by Crippen LogP contribution is -1.98. The maximum atomic E-state index is 12.7. The highest BCUT2D eigenvalue weighted by atomic mass is 19.1. The number of benzene rings is 1. The molecule has 13 heavy (non-hydrogen) atoms. The van der Waals surface area contributed by atoms with Crippen molar-refractivity contribution in [3.8, 4) is 5.75 Å². The average molecular weight is 180 g/mol. The van der Waals surface area contributed by atoms with E-state index in [-0.39, 0.29) is 5.82 Å². The zero-order valence-electron chi connectivity index (χ0n) is 7.50. The maximum Gasteiger partial charge on any atom is 0.126 e. The van der Waals surface area contributed by atoms with Gasteiger partial charge in [0.2, 0.25) is 0 Å². The van der Waals surface area contributed by atoms with Crippen LogP contribution in [0.2, 0.25) is 0 Å². The molecule has 0 spiro atoms. The van der Waals surface area contributed by atoms with Crippen LogP contribution in [0.4, 0.5) is 4.39 Å². The molecule has 1 nitrogen and oxygen atoms in total. The minimum atomic E-state index is -0.232. The molecule has 0 N–H and O–H groups in total. The van der Waals surface area contributed by atoms with Gasteiger partial charge in [0.1, 0.15) is 11.6 Å². The largest absolute Gasteiger partial charge is 0.493 e. The van der Waals surface area contributed by atoms with Crippen molar-refractivity contribution >= 4 is 0 Å². The molecule has 0 unspecified atom stereocenters. The summed E-state index contributed by atoms with van der Waals surface area (Å²) in [5.41, 5.74) is 0. The Labute approximate surface area is 77.5 Å². The summed E-state index contributed by atoms with van der Waals surface area (Å²) in [5.74, 6) is 1.28. The molecule has 1 fully saturated rings. The van der Waals surface area contributed by atoms with Gasteiger partial charge >= 0.3 is 0 Å². The van der Waals surface area contributed by atoms with E-state index in [4.69, 9.17) is 4.74 Å². The lowest BCUT2D eigenvalue weighted by atomic mass is 10.3. The van der Waals surface area contributed by atoms with E-state index in [1.165, 1.54) is 25.0 Å². The normalized spacial score (nSPS) is 15.8. The first kappa shape index (κ1) is 8.54. The van der Waals surface area contributed by atoms with Crippen molar-refractivity contribution in [1.29, 1.82) is 0 Å². The number of ether oxygens (including phenoxy) is 1. The Morgan fingerprint density at radius 1 is 1.38 bits per heavy atom. The summed E-state index contributed by atoms with van der Waals surface area (Å²) in [7, 11) is 0. The summed E-state index contributed by atoms with van der Waals surface area (Å²) >= 11 is 0. The third-order valence-corrected chi connectivity index (χ3v) is 2.29. The zero-order chi connectivity index (χ0) is 9.10. The average Bonchev–Trinajstić information content (AvgIpc) is 2.88. The van der Waals surface area contributed by atoms with Crippen LogP contribution >= 0.6 is 0 Å². The SMILES string of the molecule is Fc1cccc(OCCC2CC2)c1. The van der Waals surface area contributed by atoms with Crippen LogP contribution in [0.15, 0.2) is 24.3 Å². The summed E-state index contributed by atoms with van der Waals surface area (Å²) in [6.07, 6.45) is 3.79. The first-order valence-electron chi connectivity index (χ1n) is 4.73. The van der Waals surface area contributed by atoms with Crippen LogP contribution in [0.1, 0.15) is 19.3 Å². The van der Waals surface area contributed by atoms with Crippen molar-refractivity contribution in [2.45, 2.75) is 19.3 Å². The summed E-state index contributed by atoms with van der Waals surface area (Å²) in [6, 6.07) is 6.30. The Hall–Kier alpha value is -1.05. The standard InChI is InChI=1S/C11H13FO/c12-10-2-1-3-11(8-10)13-7-6-9-4-5-9/h1-3,8-9H,4-7H2. The van der Waals surface area contributed by atoms with E-state index >= 15 is 0 Å². The lowest BCUT2D eigenvalue weighted by Gasteiger charge is -2.04. The maximum absolute atomic E-state index is 12.7. The number of halogens is 1. The fourth-order valence-corrected chi connectivity index (χ4v) is 1.31. The first-order valence-corrected chi connectivity index (χ1v) is 4.73. The second kappa shape index (κ2) is 3.77. The molecule has 1 aromatic carbocycles. The fraction of sp³-hybridized carbons (Fsp3) is 0.455. The van der Waals surface area contributed by atoms with Crippen molar-refractivity contribution in [2.75, 3.05) is 6.61 Å². The predicted molar refractivity (Wildman–Crippen MR) is 49.2 cm³/mol. The van der Waals surface area contributed by atoms with E-state index in [1.54, 1.807) is 12.1 Å². The number of rotatable bonds is 4. The molecule has 0 aromatic heterocycles. The van der Waals surface area contributed by atoms with Crippen molar-refractivity contribution in [1.82, 2.24) is 0 Å². The van der Waals surface area contributed by atoms with Crippen molar-refractivity contribution < 1.29 is 9.13 Å². The Bertz CT molecular complexity index is 281. The quantitative estimate of drug-likeness (QED) is 0.692. The van der Waals surface area contributed by atoms with Crippen LogP contribution in [0.25, 0.3) is 0 Å². The molecule has 70 valence electrons. The van der Waals surface area contributed by atoms with Gasteiger partial charge in [-0.15, -0.1) is 0 Å². The van der Waals surface area contributed by atoms with Crippen LogP contribution in [0.5, 0.6) is 5.75 Å². The highest BCUT2D eigenvalue weighted by Gasteiger charge is 2.20. The van der Waals surface area contributed by atoms with Gasteiger partial charge in [-0.25, -0.2) is 4.39 Å². The molecule has 0 aliphatic heterocycles. The van der Waals surface area contributed by atoms with Crippen LogP contribution in [-0.2, 0) is 0 Å². The van der Waals surface area contributed by atoms with Crippen LogP contribution in [0.3, 0.4) is 0 Å². The summed E-state index contributed by atoms with van der Waals surface area (Å²) in [4.78, 5) is 0. The van der Waals surface area contributed by atoms with Crippen LogP contribution in [-0.4, -0.2) is 6.61 Å². The van der Waals surface area contributed by atoms with Crippen molar-refractivity contribution in [3.05, 3.63) is 30.1 Å². The molecule has 0 amide bonds. The van der Waals surface area contributed by atoms with Gasteiger partial charge in [-0.3, -0.25) is 0 Å². The molecule has 0 saturated heterocycles. The van der Waals surface area contributed by atoms with Crippen molar-refractivity contribution in [2.24, 2.45) is 5.92 Å². The van der Waals surface area contributed by atoms with Gasteiger partial charge in [0.25, 0.3) is 0 Å². The minimum Gasteiger partial charge on any atom is -0.493 e. The highest BCUT2D eigenvalue weighted by molar-refractivity contribution is 5.22. The van der Waals surface area contributed by atoms with E-state index in [0.29, 0.717) is 12.4 Å². The van der Waals surface area contributed by atoms with Gasteiger partial charge < -0.3 is 4.74 Å². The molecule has 1 aliphatic carbocycles. The monoisotopic (exact) mass is 180 g/mol. The van der Waals surface area contributed by atoms with Gasteiger partial charge in [-0.05, 0) is 24.5 Å². The number of hydrogen-bond donors (Lipinski definition) is 0. The Balaban J connectivity index is 1.79. The molecular formula is C11H13FO.